The van der Waals surface area contributed by atoms with Crippen LogP contribution in [0.2, 0.25) is 0 Å². The molecule has 0 fully saturated rings. The van der Waals surface area contributed by atoms with Crippen LogP contribution in [0.5, 0.6) is 0 Å². The van der Waals surface area contributed by atoms with Crippen molar-refractivity contribution in [1.29, 1.82) is 0 Å². The quantitative estimate of drug-likeness (QED) is 0.365. The van der Waals surface area contributed by atoms with Gasteiger partial charge < -0.3 is 5.32 Å². The van der Waals surface area contributed by atoms with Gasteiger partial charge >= 0.3 is 0 Å². The van der Waals surface area contributed by atoms with Gasteiger partial charge in [0.15, 0.2) is 10.3 Å². The largest absolute Gasteiger partial charge is 0.301 e. The van der Waals surface area contributed by atoms with E-state index in [9.17, 15) is 9.59 Å². The van der Waals surface area contributed by atoms with Gasteiger partial charge in [-0.05, 0) is 30.5 Å². The molecule has 0 radical (unpaired) electrons. The van der Waals surface area contributed by atoms with Gasteiger partial charge in [-0.2, -0.15) is 0 Å². The average molecular weight is 443 g/mol. The first-order valence-corrected chi connectivity index (χ1v) is 11.6. The molecule has 29 heavy (non-hydrogen) atoms. The molecule has 1 N–H and O–H groups in total. The number of hydrogen-bond acceptors (Lipinski definition) is 7. The minimum Gasteiger partial charge on any atom is -0.301 e. The number of fused-ring (bicyclic) bond motifs is 1. The second-order valence-corrected chi connectivity index (χ2v) is 9.26. The van der Waals surface area contributed by atoms with Crippen LogP contribution < -0.4 is 10.9 Å². The highest BCUT2D eigenvalue weighted by molar-refractivity contribution is 7.99. The number of aromatic nitrogens is 3. The first-order chi connectivity index (χ1) is 13.9. The molecule has 9 heteroatoms. The summed E-state index contributed by atoms with van der Waals surface area (Å²) in [6.45, 7) is 4.13. The molecular weight excluding hydrogens is 424 g/mol. The van der Waals surface area contributed by atoms with E-state index in [-0.39, 0.29) is 17.2 Å². The number of amides is 1. The number of carbonyl (C=O) groups is 1. The fraction of sp³-hybridized carbons (Fsp3) is 0.200. The zero-order chi connectivity index (χ0) is 20.5. The van der Waals surface area contributed by atoms with E-state index >= 15 is 0 Å². The smallest absolute Gasteiger partial charge is 0.263 e. The predicted molar refractivity (Wildman–Crippen MR) is 121 cm³/mol. The first-order valence-electron chi connectivity index (χ1n) is 8.82. The Hall–Kier alpha value is -2.49. The van der Waals surface area contributed by atoms with Crippen molar-refractivity contribution in [3.05, 3.63) is 56.6 Å². The monoisotopic (exact) mass is 442 g/mol. The van der Waals surface area contributed by atoms with Crippen LogP contribution in [0.3, 0.4) is 0 Å². The lowest BCUT2D eigenvalue weighted by Crippen LogP contribution is -2.21. The number of aryl methyl sites for hydroxylation is 2. The first kappa shape index (κ1) is 19.8. The SMILES string of the molecule is Cc1ccc(-c2csc3nc(SCC(=O)Nc4nccs4)n(C)c(=O)c23)cc1C. The van der Waals surface area contributed by atoms with Crippen LogP contribution in [-0.4, -0.2) is 26.2 Å². The molecule has 0 saturated carbocycles. The Bertz CT molecular complexity index is 1260. The van der Waals surface area contributed by atoms with Crippen LogP contribution in [0.15, 0.2) is 45.1 Å². The van der Waals surface area contributed by atoms with E-state index in [4.69, 9.17) is 0 Å². The number of rotatable bonds is 5. The molecule has 148 valence electrons. The number of nitrogens with zero attached hydrogens (tertiary/aromatic N) is 3. The van der Waals surface area contributed by atoms with Crippen molar-refractivity contribution in [2.75, 3.05) is 11.1 Å². The zero-order valence-electron chi connectivity index (χ0n) is 16.1. The molecule has 1 amide bonds. The topological polar surface area (TPSA) is 76.9 Å². The summed E-state index contributed by atoms with van der Waals surface area (Å²) < 4.78 is 1.51. The maximum absolute atomic E-state index is 13.1. The van der Waals surface area contributed by atoms with Gasteiger partial charge in [-0.25, -0.2) is 9.97 Å². The number of thiophene rings is 1. The second kappa shape index (κ2) is 8.10. The number of carbonyl (C=O) groups excluding carboxylic acids is 1. The summed E-state index contributed by atoms with van der Waals surface area (Å²) in [6.07, 6.45) is 1.64. The van der Waals surface area contributed by atoms with Gasteiger partial charge in [-0.1, -0.05) is 30.0 Å². The van der Waals surface area contributed by atoms with E-state index in [2.05, 4.69) is 41.3 Å². The highest BCUT2D eigenvalue weighted by Crippen LogP contribution is 2.33. The van der Waals surface area contributed by atoms with Crippen molar-refractivity contribution in [3.63, 3.8) is 0 Å². The minimum absolute atomic E-state index is 0.104. The summed E-state index contributed by atoms with van der Waals surface area (Å²) in [6, 6.07) is 6.20. The standard InChI is InChI=1S/C20H18N4O2S3/c1-11-4-5-13(8-12(11)2)14-9-28-17-16(14)18(26)24(3)20(23-17)29-10-15(25)22-19-21-6-7-27-19/h4-9H,10H2,1-3H3,(H,21,22,25). The van der Waals surface area contributed by atoms with E-state index in [1.807, 2.05) is 11.4 Å². The van der Waals surface area contributed by atoms with E-state index in [0.717, 1.165) is 11.1 Å². The highest BCUT2D eigenvalue weighted by atomic mass is 32.2. The Labute approximate surface area is 179 Å². The maximum atomic E-state index is 13.1. The molecule has 0 atom stereocenters. The van der Waals surface area contributed by atoms with Crippen LogP contribution in [-0.2, 0) is 11.8 Å². The summed E-state index contributed by atoms with van der Waals surface area (Å²) in [4.78, 5) is 34.5. The average Bonchev–Trinajstić information content (AvgIpc) is 3.35. The summed E-state index contributed by atoms with van der Waals surface area (Å²) >= 11 is 4.05. The normalized spacial score (nSPS) is 11.1. The number of hydrogen-bond donors (Lipinski definition) is 1. The van der Waals surface area contributed by atoms with E-state index < -0.39 is 0 Å². The van der Waals surface area contributed by atoms with Crippen LogP contribution in [0.1, 0.15) is 11.1 Å². The van der Waals surface area contributed by atoms with Gasteiger partial charge in [-0.15, -0.1) is 22.7 Å². The Morgan fingerprint density at radius 2 is 2.07 bits per heavy atom. The third kappa shape index (κ3) is 3.98. The molecule has 4 rings (SSSR count). The maximum Gasteiger partial charge on any atom is 0.263 e. The Balaban J connectivity index is 1.63. The second-order valence-electron chi connectivity index (χ2n) is 6.56. The number of thiazole rings is 1. The summed E-state index contributed by atoms with van der Waals surface area (Å²) in [5.74, 6) is -0.0258. The molecular formula is C20H18N4O2S3. The molecule has 3 heterocycles. The Morgan fingerprint density at radius 3 is 2.79 bits per heavy atom. The molecule has 6 nitrogen and oxygen atoms in total. The number of thioether (sulfide) groups is 1. The Morgan fingerprint density at radius 1 is 1.24 bits per heavy atom. The van der Waals surface area contributed by atoms with Crippen LogP contribution >= 0.6 is 34.4 Å². The van der Waals surface area contributed by atoms with Crippen LogP contribution in [0, 0.1) is 13.8 Å². The Kier molecular flexibility index (Phi) is 5.53. The van der Waals surface area contributed by atoms with Crippen LogP contribution in [0.25, 0.3) is 21.3 Å². The number of benzene rings is 1. The fourth-order valence-electron chi connectivity index (χ4n) is 2.87. The molecule has 0 bridgehead atoms. The molecule has 3 aromatic heterocycles. The number of anilines is 1. The van der Waals surface area contributed by atoms with Gasteiger partial charge in [0.25, 0.3) is 5.56 Å². The zero-order valence-corrected chi connectivity index (χ0v) is 18.5. The molecule has 0 aliphatic rings. The van der Waals surface area contributed by atoms with Gasteiger partial charge in [-0.3, -0.25) is 14.2 Å². The van der Waals surface area contributed by atoms with E-state index in [0.29, 0.717) is 20.5 Å². The van der Waals surface area contributed by atoms with E-state index in [1.165, 1.54) is 50.1 Å². The molecule has 0 spiro atoms. The summed E-state index contributed by atoms with van der Waals surface area (Å²) in [5.41, 5.74) is 4.21. The summed E-state index contributed by atoms with van der Waals surface area (Å²) in [7, 11) is 1.69. The highest BCUT2D eigenvalue weighted by Gasteiger charge is 2.17. The van der Waals surface area contributed by atoms with E-state index in [1.54, 1.807) is 18.6 Å². The van der Waals surface area contributed by atoms with Crippen molar-refractivity contribution in [1.82, 2.24) is 14.5 Å². The molecule has 1 aromatic carbocycles. The number of nitrogens with one attached hydrogen (secondary N) is 1. The lowest BCUT2D eigenvalue weighted by Gasteiger charge is -2.08. The third-order valence-corrected chi connectivity index (χ3v) is 7.19. The molecule has 0 aliphatic carbocycles. The fourth-order valence-corrected chi connectivity index (χ4v) is 5.18. The van der Waals surface area contributed by atoms with Gasteiger partial charge in [0.2, 0.25) is 5.91 Å². The van der Waals surface area contributed by atoms with Crippen molar-refractivity contribution >= 4 is 55.7 Å². The lowest BCUT2D eigenvalue weighted by molar-refractivity contribution is -0.113. The van der Waals surface area contributed by atoms with Gasteiger partial charge in [0, 0.05) is 29.6 Å². The van der Waals surface area contributed by atoms with Gasteiger partial charge in [0.1, 0.15) is 4.83 Å². The summed E-state index contributed by atoms with van der Waals surface area (Å²) in [5, 5.41) is 8.21. The molecule has 0 aliphatic heterocycles. The van der Waals surface area contributed by atoms with Crippen LogP contribution in [0.4, 0.5) is 5.13 Å². The molecule has 4 aromatic rings. The van der Waals surface area contributed by atoms with Crippen molar-refractivity contribution in [2.45, 2.75) is 19.0 Å². The van der Waals surface area contributed by atoms with Crippen molar-refractivity contribution in [2.24, 2.45) is 7.05 Å². The molecule has 0 saturated heterocycles. The van der Waals surface area contributed by atoms with Crippen molar-refractivity contribution in [3.8, 4) is 11.1 Å². The lowest BCUT2D eigenvalue weighted by atomic mass is 10.0. The van der Waals surface area contributed by atoms with Gasteiger partial charge in [0.05, 0.1) is 11.1 Å². The van der Waals surface area contributed by atoms with Crippen molar-refractivity contribution < 1.29 is 4.79 Å². The molecule has 0 unspecified atom stereocenters. The predicted octanol–water partition coefficient (Wildman–Crippen LogP) is 4.47. The third-order valence-electron chi connectivity index (χ3n) is 4.60. The minimum atomic E-state index is -0.179.